The van der Waals surface area contributed by atoms with Crippen LogP contribution < -0.4 is 9.47 Å². The Morgan fingerprint density at radius 3 is 2.41 bits per heavy atom. The third-order valence-corrected chi connectivity index (χ3v) is 2.76. The molecule has 0 amide bonds. The standard InChI is InChI=1S/C14H22O3/c1-4-6-12-9-11(7-5-8-15)10-13(16-2)14(12)17-3/h9-10,15H,4-8H2,1-3H3. The van der Waals surface area contributed by atoms with Crippen molar-refractivity contribution in [1.29, 1.82) is 0 Å². The lowest BCUT2D eigenvalue weighted by atomic mass is 10.0. The third kappa shape index (κ3) is 3.63. The molecule has 0 saturated heterocycles. The van der Waals surface area contributed by atoms with Crippen LogP contribution in [0.2, 0.25) is 0 Å². The average molecular weight is 238 g/mol. The van der Waals surface area contributed by atoms with E-state index in [4.69, 9.17) is 14.6 Å². The lowest BCUT2D eigenvalue weighted by molar-refractivity contribution is 0.288. The van der Waals surface area contributed by atoms with E-state index < -0.39 is 0 Å². The molecule has 1 aromatic carbocycles. The number of benzene rings is 1. The van der Waals surface area contributed by atoms with E-state index in [1.165, 1.54) is 11.1 Å². The zero-order chi connectivity index (χ0) is 12.7. The van der Waals surface area contributed by atoms with Crippen LogP contribution in [0.25, 0.3) is 0 Å². The summed E-state index contributed by atoms with van der Waals surface area (Å²) in [5.41, 5.74) is 2.38. The van der Waals surface area contributed by atoms with Gasteiger partial charge in [0.05, 0.1) is 14.2 Å². The first kappa shape index (κ1) is 13.8. The highest BCUT2D eigenvalue weighted by molar-refractivity contribution is 5.49. The first-order chi connectivity index (χ1) is 8.26. The molecular weight excluding hydrogens is 216 g/mol. The fraction of sp³-hybridized carbons (Fsp3) is 0.571. The van der Waals surface area contributed by atoms with Gasteiger partial charge in [-0.3, -0.25) is 0 Å². The van der Waals surface area contributed by atoms with E-state index in [1.54, 1.807) is 14.2 Å². The minimum atomic E-state index is 0.220. The van der Waals surface area contributed by atoms with Gasteiger partial charge in [-0.1, -0.05) is 19.4 Å². The Bertz CT molecular complexity index is 348. The van der Waals surface area contributed by atoms with Crippen LogP contribution in [-0.4, -0.2) is 25.9 Å². The lowest BCUT2D eigenvalue weighted by Gasteiger charge is -2.14. The van der Waals surface area contributed by atoms with E-state index in [-0.39, 0.29) is 6.61 Å². The number of aliphatic hydroxyl groups excluding tert-OH is 1. The minimum Gasteiger partial charge on any atom is -0.493 e. The van der Waals surface area contributed by atoms with E-state index >= 15 is 0 Å². The predicted octanol–water partition coefficient (Wildman–Crippen LogP) is 2.58. The lowest BCUT2D eigenvalue weighted by Crippen LogP contribution is -1.99. The van der Waals surface area contributed by atoms with E-state index in [9.17, 15) is 0 Å². The third-order valence-electron chi connectivity index (χ3n) is 2.76. The second kappa shape index (κ2) is 7.17. The summed E-state index contributed by atoms with van der Waals surface area (Å²) in [6.07, 6.45) is 3.70. The fourth-order valence-corrected chi connectivity index (χ4v) is 1.99. The minimum absolute atomic E-state index is 0.220. The topological polar surface area (TPSA) is 38.7 Å². The van der Waals surface area contributed by atoms with Gasteiger partial charge in [0, 0.05) is 6.61 Å². The maximum atomic E-state index is 8.87. The van der Waals surface area contributed by atoms with Crippen molar-refractivity contribution in [3.63, 3.8) is 0 Å². The fourth-order valence-electron chi connectivity index (χ4n) is 1.99. The number of ether oxygens (including phenoxy) is 2. The van der Waals surface area contributed by atoms with Gasteiger partial charge in [-0.05, 0) is 36.5 Å². The van der Waals surface area contributed by atoms with Crippen LogP contribution in [0.4, 0.5) is 0 Å². The van der Waals surface area contributed by atoms with Crippen LogP contribution in [0.5, 0.6) is 11.5 Å². The van der Waals surface area contributed by atoms with Gasteiger partial charge in [-0.2, -0.15) is 0 Å². The molecule has 0 saturated carbocycles. The summed E-state index contributed by atoms with van der Waals surface area (Å²) in [6, 6.07) is 4.15. The summed E-state index contributed by atoms with van der Waals surface area (Å²) in [4.78, 5) is 0. The van der Waals surface area contributed by atoms with Gasteiger partial charge in [-0.15, -0.1) is 0 Å². The van der Waals surface area contributed by atoms with Crippen molar-refractivity contribution in [3.8, 4) is 11.5 Å². The second-order valence-corrected chi connectivity index (χ2v) is 4.07. The van der Waals surface area contributed by atoms with Crippen LogP contribution in [0, 0.1) is 0 Å². The number of rotatable bonds is 7. The highest BCUT2D eigenvalue weighted by Gasteiger charge is 2.11. The molecule has 0 aliphatic carbocycles. The van der Waals surface area contributed by atoms with E-state index in [1.807, 2.05) is 6.07 Å². The van der Waals surface area contributed by atoms with Crippen LogP contribution in [-0.2, 0) is 12.8 Å². The SMILES string of the molecule is CCCc1cc(CCCO)cc(OC)c1OC. The molecule has 3 nitrogen and oxygen atoms in total. The van der Waals surface area contributed by atoms with Gasteiger partial charge in [0.25, 0.3) is 0 Å². The summed E-state index contributed by atoms with van der Waals surface area (Å²) >= 11 is 0. The largest absolute Gasteiger partial charge is 0.493 e. The van der Waals surface area contributed by atoms with Crippen molar-refractivity contribution in [3.05, 3.63) is 23.3 Å². The molecule has 0 aliphatic rings. The summed E-state index contributed by atoms with van der Waals surface area (Å²) in [5, 5.41) is 8.87. The van der Waals surface area contributed by atoms with Crippen LogP contribution in [0.1, 0.15) is 30.9 Å². The van der Waals surface area contributed by atoms with Gasteiger partial charge in [0.15, 0.2) is 11.5 Å². The average Bonchev–Trinajstić information content (AvgIpc) is 2.36. The molecule has 0 bridgehead atoms. The second-order valence-electron chi connectivity index (χ2n) is 4.07. The summed E-state index contributed by atoms with van der Waals surface area (Å²) < 4.78 is 10.8. The molecule has 0 atom stereocenters. The van der Waals surface area contributed by atoms with E-state index in [0.29, 0.717) is 0 Å². The molecule has 0 aliphatic heterocycles. The van der Waals surface area contributed by atoms with Crippen molar-refractivity contribution < 1.29 is 14.6 Å². The number of methoxy groups -OCH3 is 2. The molecule has 3 heteroatoms. The molecule has 1 rings (SSSR count). The summed E-state index contributed by atoms with van der Waals surface area (Å²) in [6.45, 7) is 2.36. The summed E-state index contributed by atoms with van der Waals surface area (Å²) in [5.74, 6) is 1.62. The van der Waals surface area contributed by atoms with Crippen molar-refractivity contribution in [2.24, 2.45) is 0 Å². The van der Waals surface area contributed by atoms with Crippen LogP contribution in [0.15, 0.2) is 12.1 Å². The van der Waals surface area contributed by atoms with Gasteiger partial charge in [-0.25, -0.2) is 0 Å². The van der Waals surface area contributed by atoms with Gasteiger partial charge < -0.3 is 14.6 Å². The number of aryl methyl sites for hydroxylation is 2. The molecule has 0 fully saturated rings. The molecule has 0 unspecified atom stereocenters. The zero-order valence-corrected chi connectivity index (χ0v) is 11.0. The van der Waals surface area contributed by atoms with Gasteiger partial charge in [0.1, 0.15) is 0 Å². The smallest absolute Gasteiger partial charge is 0.163 e. The molecule has 17 heavy (non-hydrogen) atoms. The Labute approximate surface area is 103 Å². The summed E-state index contributed by atoms with van der Waals surface area (Å²) in [7, 11) is 3.33. The predicted molar refractivity (Wildman–Crippen MR) is 68.9 cm³/mol. The first-order valence-electron chi connectivity index (χ1n) is 6.11. The maximum absolute atomic E-state index is 8.87. The van der Waals surface area contributed by atoms with E-state index in [2.05, 4.69) is 13.0 Å². The number of hydrogen-bond donors (Lipinski definition) is 1. The maximum Gasteiger partial charge on any atom is 0.163 e. The molecule has 1 aromatic rings. The normalized spacial score (nSPS) is 10.4. The van der Waals surface area contributed by atoms with Crippen LogP contribution >= 0.6 is 0 Å². The zero-order valence-electron chi connectivity index (χ0n) is 11.0. The van der Waals surface area contributed by atoms with Crippen molar-refractivity contribution in [2.75, 3.05) is 20.8 Å². The Morgan fingerprint density at radius 2 is 1.88 bits per heavy atom. The molecule has 0 spiro atoms. The molecule has 1 N–H and O–H groups in total. The van der Waals surface area contributed by atoms with Crippen molar-refractivity contribution in [2.45, 2.75) is 32.6 Å². The molecule has 0 radical (unpaired) electrons. The monoisotopic (exact) mass is 238 g/mol. The molecular formula is C14H22O3. The first-order valence-corrected chi connectivity index (χ1v) is 6.11. The van der Waals surface area contributed by atoms with Gasteiger partial charge >= 0.3 is 0 Å². The highest BCUT2D eigenvalue weighted by Crippen LogP contribution is 2.33. The van der Waals surface area contributed by atoms with Crippen molar-refractivity contribution >= 4 is 0 Å². The van der Waals surface area contributed by atoms with Crippen molar-refractivity contribution in [1.82, 2.24) is 0 Å². The Kier molecular flexibility index (Phi) is 5.84. The number of hydrogen-bond acceptors (Lipinski definition) is 3. The molecule has 0 heterocycles. The number of aliphatic hydroxyl groups is 1. The van der Waals surface area contributed by atoms with Crippen LogP contribution in [0.3, 0.4) is 0 Å². The molecule has 96 valence electrons. The Balaban J connectivity index is 3.05. The Hall–Kier alpha value is -1.22. The Morgan fingerprint density at radius 1 is 1.12 bits per heavy atom. The quantitative estimate of drug-likeness (QED) is 0.793. The highest BCUT2D eigenvalue weighted by atomic mass is 16.5. The van der Waals surface area contributed by atoms with E-state index in [0.717, 1.165) is 37.2 Å². The van der Waals surface area contributed by atoms with Gasteiger partial charge in [0.2, 0.25) is 0 Å². The molecule has 0 aromatic heterocycles.